The Morgan fingerprint density at radius 3 is 2.78 bits per heavy atom. The molecule has 0 bridgehead atoms. The summed E-state index contributed by atoms with van der Waals surface area (Å²) in [5.41, 5.74) is 2.67. The second kappa shape index (κ2) is 6.19. The van der Waals surface area contributed by atoms with Crippen LogP contribution < -0.4 is 10.6 Å². The molecule has 0 N–H and O–H groups in total. The van der Waals surface area contributed by atoms with Crippen molar-refractivity contribution in [1.82, 2.24) is 19.3 Å². The molecular formula is C20H19N5O2. The fraction of sp³-hybridized carbons (Fsp3) is 0.300. The quantitative estimate of drug-likeness (QED) is 0.713. The second-order valence-corrected chi connectivity index (χ2v) is 7.03. The standard InChI is InChI=1S/C20H19N5O2/c26-18(23-11-9-14-4-1-2-6-17(14)23)13-24-20(27)25(16-7-8-16)19(22-24)15-5-3-10-21-12-15/h1-6,10,12,16H,7-9,11,13H2. The fourth-order valence-electron chi connectivity index (χ4n) is 3.69. The number of para-hydroxylation sites is 1. The van der Waals surface area contributed by atoms with Gasteiger partial charge in [-0.05, 0) is 43.0 Å². The van der Waals surface area contributed by atoms with E-state index in [2.05, 4.69) is 10.1 Å². The molecule has 0 saturated heterocycles. The van der Waals surface area contributed by atoms with Crippen molar-refractivity contribution in [1.29, 1.82) is 0 Å². The van der Waals surface area contributed by atoms with Gasteiger partial charge >= 0.3 is 5.69 Å². The Hall–Kier alpha value is -3.22. The van der Waals surface area contributed by atoms with Crippen LogP contribution in [-0.2, 0) is 17.8 Å². The Morgan fingerprint density at radius 1 is 1.15 bits per heavy atom. The van der Waals surface area contributed by atoms with Crippen LogP contribution in [0.3, 0.4) is 0 Å². The van der Waals surface area contributed by atoms with Gasteiger partial charge in [0.2, 0.25) is 5.91 Å². The van der Waals surface area contributed by atoms with Crippen molar-refractivity contribution in [2.24, 2.45) is 0 Å². The van der Waals surface area contributed by atoms with Crippen molar-refractivity contribution < 1.29 is 4.79 Å². The zero-order chi connectivity index (χ0) is 18.4. The number of pyridine rings is 1. The van der Waals surface area contributed by atoms with Crippen LogP contribution >= 0.6 is 0 Å². The highest BCUT2D eigenvalue weighted by Gasteiger charge is 2.32. The summed E-state index contributed by atoms with van der Waals surface area (Å²) in [6.07, 6.45) is 6.16. The Kier molecular flexibility index (Phi) is 3.67. The largest absolute Gasteiger partial charge is 0.346 e. The smallest absolute Gasteiger partial charge is 0.310 e. The Labute approximate surface area is 155 Å². The lowest BCUT2D eigenvalue weighted by Crippen LogP contribution is -2.36. The van der Waals surface area contributed by atoms with Gasteiger partial charge in [0.15, 0.2) is 5.82 Å². The first-order valence-electron chi connectivity index (χ1n) is 9.20. The zero-order valence-electron chi connectivity index (χ0n) is 14.8. The molecule has 0 atom stereocenters. The van der Waals surface area contributed by atoms with Crippen molar-refractivity contribution in [3.63, 3.8) is 0 Å². The number of fused-ring (bicyclic) bond motifs is 1. The van der Waals surface area contributed by atoms with Gasteiger partial charge < -0.3 is 4.90 Å². The molecule has 136 valence electrons. The third kappa shape index (κ3) is 2.75. The highest BCUT2D eigenvalue weighted by atomic mass is 16.2. The van der Waals surface area contributed by atoms with Gasteiger partial charge in [0.25, 0.3) is 0 Å². The van der Waals surface area contributed by atoms with E-state index >= 15 is 0 Å². The number of benzene rings is 1. The maximum absolute atomic E-state index is 12.9. The van der Waals surface area contributed by atoms with Crippen molar-refractivity contribution in [3.8, 4) is 11.4 Å². The van der Waals surface area contributed by atoms with E-state index in [9.17, 15) is 9.59 Å². The molecule has 1 amide bonds. The van der Waals surface area contributed by atoms with E-state index in [0.29, 0.717) is 12.4 Å². The van der Waals surface area contributed by atoms with Gasteiger partial charge in [0, 0.05) is 36.2 Å². The van der Waals surface area contributed by atoms with E-state index in [1.54, 1.807) is 21.9 Å². The molecule has 0 unspecified atom stereocenters. The molecule has 1 fully saturated rings. The van der Waals surface area contributed by atoms with E-state index < -0.39 is 0 Å². The average Bonchev–Trinajstić information content (AvgIpc) is 3.35. The zero-order valence-corrected chi connectivity index (χ0v) is 14.8. The molecule has 3 aromatic rings. The average molecular weight is 361 g/mol. The van der Waals surface area contributed by atoms with E-state index in [1.807, 2.05) is 36.4 Å². The van der Waals surface area contributed by atoms with Crippen LogP contribution in [-0.4, -0.2) is 31.8 Å². The molecule has 0 spiro atoms. The summed E-state index contributed by atoms with van der Waals surface area (Å²) in [5.74, 6) is 0.477. The molecule has 7 nitrogen and oxygen atoms in total. The molecule has 0 radical (unpaired) electrons. The first kappa shape index (κ1) is 16.0. The normalized spacial score (nSPS) is 15.8. The first-order valence-corrected chi connectivity index (χ1v) is 9.20. The highest BCUT2D eigenvalue weighted by Crippen LogP contribution is 2.36. The van der Waals surface area contributed by atoms with Gasteiger partial charge in [-0.25, -0.2) is 9.48 Å². The minimum absolute atomic E-state index is 0.0554. The van der Waals surface area contributed by atoms with E-state index in [-0.39, 0.29) is 24.2 Å². The summed E-state index contributed by atoms with van der Waals surface area (Å²) >= 11 is 0. The molecule has 1 aromatic carbocycles. The summed E-state index contributed by atoms with van der Waals surface area (Å²) in [7, 11) is 0. The van der Waals surface area contributed by atoms with Crippen molar-refractivity contribution in [3.05, 3.63) is 64.8 Å². The highest BCUT2D eigenvalue weighted by molar-refractivity contribution is 5.95. The number of aromatic nitrogens is 4. The van der Waals surface area contributed by atoms with E-state index in [1.165, 1.54) is 4.68 Å². The van der Waals surface area contributed by atoms with Gasteiger partial charge in [-0.3, -0.25) is 14.3 Å². The summed E-state index contributed by atoms with van der Waals surface area (Å²) < 4.78 is 3.01. The Balaban J connectivity index is 1.48. The number of amides is 1. The van der Waals surface area contributed by atoms with Gasteiger partial charge in [0.1, 0.15) is 6.54 Å². The minimum atomic E-state index is -0.225. The number of hydrogen-bond donors (Lipinski definition) is 0. The fourth-order valence-corrected chi connectivity index (χ4v) is 3.69. The van der Waals surface area contributed by atoms with Crippen molar-refractivity contribution in [2.45, 2.75) is 31.8 Å². The molecule has 3 heterocycles. The number of carbonyl (C=O) groups is 1. The summed E-state index contributed by atoms with van der Waals surface area (Å²) in [6, 6.07) is 11.8. The molecule has 1 saturated carbocycles. The summed E-state index contributed by atoms with van der Waals surface area (Å²) in [4.78, 5) is 31.7. The Morgan fingerprint density at radius 2 is 2.00 bits per heavy atom. The molecule has 2 aliphatic rings. The lowest BCUT2D eigenvalue weighted by atomic mass is 10.2. The van der Waals surface area contributed by atoms with Crippen LogP contribution in [0.1, 0.15) is 24.4 Å². The van der Waals surface area contributed by atoms with Gasteiger partial charge in [0.05, 0.1) is 0 Å². The Bertz CT molecular complexity index is 1070. The van der Waals surface area contributed by atoms with Crippen LogP contribution in [0.4, 0.5) is 5.69 Å². The predicted octanol–water partition coefficient (Wildman–Crippen LogP) is 2.03. The van der Waals surface area contributed by atoms with Crippen molar-refractivity contribution in [2.75, 3.05) is 11.4 Å². The lowest BCUT2D eigenvalue weighted by molar-refractivity contribution is -0.119. The van der Waals surface area contributed by atoms with Gasteiger partial charge in [-0.2, -0.15) is 0 Å². The number of carbonyl (C=O) groups excluding carboxylic acids is 1. The van der Waals surface area contributed by atoms with E-state index in [0.717, 1.165) is 36.1 Å². The topological polar surface area (TPSA) is 73.0 Å². The molecule has 2 aromatic heterocycles. The van der Waals surface area contributed by atoms with Crippen LogP contribution in [0.5, 0.6) is 0 Å². The molecular weight excluding hydrogens is 342 g/mol. The maximum Gasteiger partial charge on any atom is 0.346 e. The van der Waals surface area contributed by atoms with E-state index in [4.69, 9.17) is 0 Å². The third-order valence-corrected chi connectivity index (χ3v) is 5.18. The summed E-state index contributed by atoms with van der Waals surface area (Å²) in [5, 5.41) is 4.49. The number of anilines is 1. The SMILES string of the molecule is O=C(Cn1nc(-c2cccnc2)n(C2CC2)c1=O)N1CCc2ccccc21. The third-order valence-electron chi connectivity index (χ3n) is 5.18. The number of hydrogen-bond acceptors (Lipinski definition) is 4. The van der Waals surface area contributed by atoms with Crippen LogP contribution in [0.2, 0.25) is 0 Å². The van der Waals surface area contributed by atoms with Crippen molar-refractivity contribution >= 4 is 11.6 Å². The van der Waals surface area contributed by atoms with Gasteiger partial charge in [-0.1, -0.05) is 18.2 Å². The number of nitrogens with zero attached hydrogens (tertiary/aromatic N) is 5. The first-order chi connectivity index (χ1) is 13.2. The molecule has 5 rings (SSSR count). The number of rotatable bonds is 4. The molecule has 1 aliphatic heterocycles. The molecule has 7 heteroatoms. The summed E-state index contributed by atoms with van der Waals surface area (Å²) in [6.45, 7) is 0.589. The maximum atomic E-state index is 12.9. The van der Waals surface area contributed by atoms with Crippen LogP contribution in [0.25, 0.3) is 11.4 Å². The van der Waals surface area contributed by atoms with Gasteiger partial charge in [-0.15, -0.1) is 5.10 Å². The molecule has 1 aliphatic carbocycles. The minimum Gasteiger partial charge on any atom is -0.310 e. The molecule has 27 heavy (non-hydrogen) atoms. The second-order valence-electron chi connectivity index (χ2n) is 7.03. The predicted molar refractivity (Wildman–Crippen MR) is 100 cm³/mol. The van der Waals surface area contributed by atoms with Crippen LogP contribution in [0.15, 0.2) is 53.6 Å². The monoisotopic (exact) mass is 361 g/mol. The lowest BCUT2D eigenvalue weighted by Gasteiger charge is -2.16. The van der Waals surface area contributed by atoms with Crippen LogP contribution in [0, 0.1) is 0 Å².